The van der Waals surface area contributed by atoms with E-state index in [1.165, 1.54) is 6.42 Å². The summed E-state index contributed by atoms with van der Waals surface area (Å²) >= 11 is 0. The first-order valence-corrected chi connectivity index (χ1v) is 9.20. The summed E-state index contributed by atoms with van der Waals surface area (Å²) in [5, 5.41) is 17.2. The van der Waals surface area contributed by atoms with Gasteiger partial charge in [-0.3, -0.25) is 9.78 Å². The molecule has 4 rings (SSSR count). The monoisotopic (exact) mass is 355 g/mol. The van der Waals surface area contributed by atoms with E-state index in [2.05, 4.69) is 20.4 Å². The number of fused-ring (bicyclic) bond motifs is 3. The number of hydrogen-bond donors (Lipinski definition) is 2. The Bertz CT molecular complexity index is 824. The minimum absolute atomic E-state index is 0.104. The summed E-state index contributed by atoms with van der Waals surface area (Å²) in [7, 11) is 0. The Hall–Kier alpha value is -2.28. The maximum atomic E-state index is 13.0. The van der Waals surface area contributed by atoms with Crippen LogP contribution in [-0.2, 0) is 6.42 Å². The van der Waals surface area contributed by atoms with Gasteiger partial charge in [-0.05, 0) is 30.6 Å². The van der Waals surface area contributed by atoms with Gasteiger partial charge < -0.3 is 10.4 Å². The van der Waals surface area contributed by atoms with Crippen molar-refractivity contribution < 1.29 is 9.90 Å². The smallest absolute Gasteiger partial charge is 0.272 e. The van der Waals surface area contributed by atoms with Gasteiger partial charge in [0, 0.05) is 23.9 Å². The standard InChI is InChI=1S/C19H25N5O2/c1-19(2,3)14(10-25)22-18(26)16-13-8-11-4-5-12(11)17(13)24(23-16)15-9-20-6-7-21-15/h6-7,9,11-12,14,25H,4-5,8,10H2,1-3H3,(H,22,26)/t11-,12-,14-/m1/s1. The summed E-state index contributed by atoms with van der Waals surface area (Å²) in [6.07, 6.45) is 8.16. The fourth-order valence-corrected chi connectivity index (χ4v) is 4.00. The molecule has 0 radical (unpaired) electrons. The van der Waals surface area contributed by atoms with Crippen molar-refractivity contribution in [1.82, 2.24) is 25.1 Å². The van der Waals surface area contributed by atoms with Gasteiger partial charge in [-0.25, -0.2) is 9.67 Å². The number of nitrogens with one attached hydrogen (secondary N) is 1. The fourth-order valence-electron chi connectivity index (χ4n) is 4.00. The number of hydrogen-bond acceptors (Lipinski definition) is 5. The molecule has 1 saturated carbocycles. The lowest BCUT2D eigenvalue weighted by atomic mass is 9.75. The molecule has 7 nitrogen and oxygen atoms in total. The predicted molar refractivity (Wildman–Crippen MR) is 96.1 cm³/mol. The van der Waals surface area contributed by atoms with E-state index in [9.17, 15) is 9.90 Å². The third-order valence-electron chi connectivity index (χ3n) is 5.77. The zero-order chi connectivity index (χ0) is 18.5. The third-order valence-corrected chi connectivity index (χ3v) is 5.77. The molecule has 0 unspecified atom stereocenters. The Morgan fingerprint density at radius 1 is 1.38 bits per heavy atom. The van der Waals surface area contributed by atoms with E-state index in [0.717, 1.165) is 24.1 Å². The molecular formula is C19H25N5O2. The Morgan fingerprint density at radius 3 is 2.77 bits per heavy atom. The number of rotatable bonds is 4. The topological polar surface area (TPSA) is 92.9 Å². The van der Waals surface area contributed by atoms with Gasteiger partial charge in [0.1, 0.15) is 0 Å². The van der Waals surface area contributed by atoms with Gasteiger partial charge in [0.2, 0.25) is 0 Å². The SMILES string of the molecule is CC(C)(C)[C@@H](CO)NC(=O)c1nn(-c2cnccn2)c2c1C[C@H]1CC[C@@H]21. The lowest BCUT2D eigenvalue weighted by Crippen LogP contribution is -2.46. The second-order valence-electron chi connectivity index (χ2n) is 8.41. The van der Waals surface area contributed by atoms with Crippen molar-refractivity contribution in [2.75, 3.05) is 6.61 Å². The number of aliphatic hydroxyl groups is 1. The summed E-state index contributed by atoms with van der Waals surface area (Å²) < 4.78 is 1.80. The van der Waals surface area contributed by atoms with Crippen molar-refractivity contribution in [3.63, 3.8) is 0 Å². The van der Waals surface area contributed by atoms with Crippen LogP contribution in [0.4, 0.5) is 0 Å². The van der Waals surface area contributed by atoms with Crippen molar-refractivity contribution >= 4 is 5.91 Å². The van der Waals surface area contributed by atoms with E-state index in [1.807, 2.05) is 20.8 Å². The van der Waals surface area contributed by atoms with Crippen LogP contribution >= 0.6 is 0 Å². The van der Waals surface area contributed by atoms with Crippen LogP contribution in [0.3, 0.4) is 0 Å². The first-order chi connectivity index (χ1) is 12.4. The van der Waals surface area contributed by atoms with Gasteiger partial charge in [0.15, 0.2) is 11.5 Å². The highest BCUT2D eigenvalue weighted by molar-refractivity contribution is 5.94. The van der Waals surface area contributed by atoms with Crippen LogP contribution in [0.15, 0.2) is 18.6 Å². The molecule has 2 aliphatic rings. The highest BCUT2D eigenvalue weighted by Crippen LogP contribution is 2.52. The number of aliphatic hydroxyl groups excluding tert-OH is 1. The maximum absolute atomic E-state index is 13.0. The van der Waals surface area contributed by atoms with Crippen LogP contribution in [0.5, 0.6) is 0 Å². The molecule has 1 fully saturated rings. The summed E-state index contributed by atoms with van der Waals surface area (Å²) in [6, 6.07) is -0.328. The minimum atomic E-state index is -0.328. The van der Waals surface area contributed by atoms with Crippen LogP contribution < -0.4 is 5.32 Å². The second kappa shape index (κ2) is 6.16. The van der Waals surface area contributed by atoms with E-state index >= 15 is 0 Å². The molecule has 3 atom stereocenters. The number of nitrogens with zero attached hydrogens (tertiary/aromatic N) is 4. The summed E-state index contributed by atoms with van der Waals surface area (Å²) in [6.45, 7) is 5.89. The molecule has 1 amide bonds. The fraction of sp³-hybridized carbons (Fsp3) is 0.579. The molecule has 2 aromatic heterocycles. The van der Waals surface area contributed by atoms with E-state index in [1.54, 1.807) is 23.3 Å². The largest absolute Gasteiger partial charge is 0.394 e. The predicted octanol–water partition coefficient (Wildman–Crippen LogP) is 1.85. The molecule has 2 aromatic rings. The number of amides is 1. The van der Waals surface area contributed by atoms with Crippen molar-refractivity contribution in [2.24, 2.45) is 11.3 Å². The molecule has 0 aromatic carbocycles. The first-order valence-electron chi connectivity index (χ1n) is 9.20. The van der Waals surface area contributed by atoms with Crippen LogP contribution in [0.1, 0.15) is 61.3 Å². The molecule has 0 spiro atoms. The molecular weight excluding hydrogens is 330 g/mol. The van der Waals surface area contributed by atoms with Gasteiger partial charge in [0.05, 0.1) is 24.5 Å². The molecule has 26 heavy (non-hydrogen) atoms. The molecule has 7 heteroatoms. The van der Waals surface area contributed by atoms with Gasteiger partial charge in [0.25, 0.3) is 5.91 Å². The third kappa shape index (κ3) is 2.70. The zero-order valence-electron chi connectivity index (χ0n) is 15.4. The van der Waals surface area contributed by atoms with Crippen molar-refractivity contribution in [1.29, 1.82) is 0 Å². The molecule has 138 valence electrons. The average Bonchev–Trinajstić information content (AvgIpc) is 3.06. The highest BCUT2D eigenvalue weighted by atomic mass is 16.3. The first kappa shape index (κ1) is 17.1. The quantitative estimate of drug-likeness (QED) is 0.873. The number of carbonyl (C=O) groups is 1. The lowest BCUT2D eigenvalue weighted by molar-refractivity contribution is 0.0841. The van der Waals surface area contributed by atoms with Gasteiger partial charge in [-0.2, -0.15) is 5.10 Å². The highest BCUT2D eigenvalue weighted by Gasteiger charge is 2.45. The summed E-state index contributed by atoms with van der Waals surface area (Å²) in [5.74, 6) is 1.48. The van der Waals surface area contributed by atoms with Gasteiger partial charge in [-0.1, -0.05) is 20.8 Å². The molecule has 2 aliphatic carbocycles. The Balaban J connectivity index is 1.72. The lowest BCUT2D eigenvalue weighted by Gasteiger charge is -2.31. The molecule has 0 aliphatic heterocycles. The maximum Gasteiger partial charge on any atom is 0.272 e. The van der Waals surface area contributed by atoms with E-state index in [4.69, 9.17) is 0 Å². The Kier molecular flexibility index (Phi) is 4.06. The normalized spacial score (nSPS) is 22.3. The van der Waals surface area contributed by atoms with Crippen molar-refractivity contribution in [3.05, 3.63) is 35.5 Å². The minimum Gasteiger partial charge on any atom is -0.394 e. The van der Waals surface area contributed by atoms with E-state index < -0.39 is 0 Å². The number of carbonyl (C=O) groups excluding carboxylic acids is 1. The zero-order valence-corrected chi connectivity index (χ0v) is 15.4. The second-order valence-corrected chi connectivity index (χ2v) is 8.41. The van der Waals surface area contributed by atoms with Gasteiger partial charge in [-0.15, -0.1) is 0 Å². The molecule has 0 saturated heterocycles. The summed E-state index contributed by atoms with van der Waals surface area (Å²) in [5.41, 5.74) is 2.37. The Labute approximate surface area is 152 Å². The number of aromatic nitrogens is 4. The Morgan fingerprint density at radius 2 is 2.19 bits per heavy atom. The molecule has 0 bridgehead atoms. The summed E-state index contributed by atoms with van der Waals surface area (Å²) in [4.78, 5) is 21.5. The van der Waals surface area contributed by atoms with E-state index in [0.29, 0.717) is 23.3 Å². The van der Waals surface area contributed by atoms with Crippen molar-refractivity contribution in [2.45, 2.75) is 52.0 Å². The van der Waals surface area contributed by atoms with Gasteiger partial charge >= 0.3 is 0 Å². The molecule has 2 N–H and O–H groups in total. The molecule has 2 heterocycles. The van der Waals surface area contributed by atoms with Crippen LogP contribution in [0.2, 0.25) is 0 Å². The average molecular weight is 355 g/mol. The van der Waals surface area contributed by atoms with Crippen LogP contribution in [-0.4, -0.2) is 43.4 Å². The van der Waals surface area contributed by atoms with E-state index in [-0.39, 0.29) is 24.0 Å². The van der Waals surface area contributed by atoms with Crippen LogP contribution in [0, 0.1) is 11.3 Å². The van der Waals surface area contributed by atoms with Crippen LogP contribution in [0.25, 0.3) is 5.82 Å². The van der Waals surface area contributed by atoms with Crippen molar-refractivity contribution in [3.8, 4) is 5.82 Å².